The SMILES string of the molecule is O=C(NCCc1c[nH]c(=O)[nH]c1=O)[C@H]1CCC(=O)N(CC2CCCCC2)C1. The third kappa shape index (κ3) is 5.30. The van der Waals surface area contributed by atoms with Gasteiger partial charge in [-0.05, 0) is 31.6 Å². The summed E-state index contributed by atoms with van der Waals surface area (Å²) in [7, 11) is 0. The number of piperidine rings is 1. The standard InChI is InChI=1S/C19H28N4O4/c24-16-7-6-15(12-23(16)11-13-4-2-1-3-5-13)17(25)20-9-8-14-10-21-19(27)22-18(14)26/h10,13,15H,1-9,11-12H2,(H,20,25)(H2,21,22,26,27)/t15-/m0/s1. The van der Waals surface area contributed by atoms with Crippen LogP contribution in [0.25, 0.3) is 0 Å². The zero-order chi connectivity index (χ0) is 19.2. The van der Waals surface area contributed by atoms with Gasteiger partial charge in [-0.3, -0.25) is 19.4 Å². The molecule has 0 unspecified atom stereocenters. The highest BCUT2D eigenvalue weighted by molar-refractivity contribution is 5.83. The summed E-state index contributed by atoms with van der Waals surface area (Å²) in [5.74, 6) is 0.457. The summed E-state index contributed by atoms with van der Waals surface area (Å²) in [5, 5.41) is 2.86. The van der Waals surface area contributed by atoms with Crippen LogP contribution in [0.15, 0.2) is 15.8 Å². The number of aromatic nitrogens is 2. The first-order chi connectivity index (χ1) is 13.0. The molecule has 1 aromatic heterocycles. The predicted molar refractivity (Wildman–Crippen MR) is 100 cm³/mol. The van der Waals surface area contributed by atoms with Crippen molar-refractivity contribution in [1.82, 2.24) is 20.2 Å². The molecule has 1 saturated carbocycles. The number of carbonyl (C=O) groups is 2. The van der Waals surface area contributed by atoms with Gasteiger partial charge >= 0.3 is 5.69 Å². The zero-order valence-corrected chi connectivity index (χ0v) is 15.6. The van der Waals surface area contributed by atoms with Crippen molar-refractivity contribution in [1.29, 1.82) is 0 Å². The van der Waals surface area contributed by atoms with Crippen LogP contribution in [0.2, 0.25) is 0 Å². The number of H-pyrrole nitrogens is 2. The summed E-state index contributed by atoms with van der Waals surface area (Å²) >= 11 is 0. The van der Waals surface area contributed by atoms with Gasteiger partial charge in [0.2, 0.25) is 11.8 Å². The Balaban J connectivity index is 1.48. The molecule has 1 saturated heterocycles. The molecular formula is C19H28N4O4. The van der Waals surface area contributed by atoms with E-state index in [1.54, 1.807) is 0 Å². The molecule has 27 heavy (non-hydrogen) atoms. The Labute approximate surface area is 157 Å². The fourth-order valence-electron chi connectivity index (χ4n) is 4.07. The molecule has 2 amide bonds. The van der Waals surface area contributed by atoms with Crippen LogP contribution in [0.1, 0.15) is 50.5 Å². The van der Waals surface area contributed by atoms with E-state index in [2.05, 4.69) is 15.3 Å². The van der Waals surface area contributed by atoms with E-state index < -0.39 is 11.2 Å². The first kappa shape index (κ1) is 19.4. The highest BCUT2D eigenvalue weighted by Crippen LogP contribution is 2.27. The van der Waals surface area contributed by atoms with Gasteiger partial charge < -0.3 is 15.2 Å². The lowest BCUT2D eigenvalue weighted by atomic mass is 9.87. The minimum absolute atomic E-state index is 0.0722. The maximum absolute atomic E-state index is 12.5. The maximum atomic E-state index is 12.5. The summed E-state index contributed by atoms with van der Waals surface area (Å²) in [5.41, 5.74) is -0.555. The molecule has 1 aromatic rings. The average Bonchev–Trinajstić information content (AvgIpc) is 2.66. The first-order valence-electron chi connectivity index (χ1n) is 9.89. The predicted octanol–water partition coefficient (Wildman–Crippen LogP) is 0.541. The van der Waals surface area contributed by atoms with E-state index in [4.69, 9.17) is 0 Å². The summed E-state index contributed by atoms with van der Waals surface area (Å²) in [4.78, 5) is 53.8. The topological polar surface area (TPSA) is 115 Å². The molecular weight excluding hydrogens is 348 g/mol. The molecule has 3 N–H and O–H groups in total. The van der Waals surface area contributed by atoms with E-state index in [1.165, 1.54) is 38.3 Å². The molecule has 2 aliphatic rings. The fourth-order valence-corrected chi connectivity index (χ4v) is 4.07. The third-order valence-corrected chi connectivity index (χ3v) is 5.66. The number of likely N-dealkylation sites (tertiary alicyclic amines) is 1. The minimum Gasteiger partial charge on any atom is -0.355 e. The third-order valence-electron chi connectivity index (χ3n) is 5.66. The van der Waals surface area contributed by atoms with Gasteiger partial charge in [-0.1, -0.05) is 19.3 Å². The van der Waals surface area contributed by atoms with Gasteiger partial charge in [0.15, 0.2) is 0 Å². The Morgan fingerprint density at radius 2 is 1.93 bits per heavy atom. The summed E-state index contributed by atoms with van der Waals surface area (Å²) < 4.78 is 0. The molecule has 0 bridgehead atoms. The Hall–Kier alpha value is -2.38. The number of amides is 2. The lowest BCUT2D eigenvalue weighted by Crippen LogP contribution is -2.47. The molecule has 0 aromatic carbocycles. The van der Waals surface area contributed by atoms with E-state index in [1.807, 2.05) is 4.90 Å². The second kappa shape index (κ2) is 9.01. The minimum atomic E-state index is -0.544. The van der Waals surface area contributed by atoms with Crippen molar-refractivity contribution >= 4 is 11.8 Å². The normalized spacial score (nSPS) is 21.3. The fraction of sp³-hybridized carbons (Fsp3) is 0.684. The van der Waals surface area contributed by atoms with Crippen molar-refractivity contribution in [3.05, 3.63) is 32.6 Å². The number of nitrogens with zero attached hydrogens (tertiary/aromatic N) is 1. The van der Waals surface area contributed by atoms with Gasteiger partial charge in [0.05, 0.1) is 5.92 Å². The number of aromatic amines is 2. The van der Waals surface area contributed by atoms with Gasteiger partial charge in [0.1, 0.15) is 0 Å². The zero-order valence-electron chi connectivity index (χ0n) is 15.6. The van der Waals surface area contributed by atoms with E-state index in [9.17, 15) is 19.2 Å². The Morgan fingerprint density at radius 1 is 1.15 bits per heavy atom. The van der Waals surface area contributed by atoms with Gasteiger partial charge in [-0.2, -0.15) is 0 Å². The number of rotatable bonds is 6. The van der Waals surface area contributed by atoms with Crippen molar-refractivity contribution < 1.29 is 9.59 Å². The first-order valence-corrected chi connectivity index (χ1v) is 9.89. The van der Waals surface area contributed by atoms with Crippen LogP contribution in [-0.2, 0) is 16.0 Å². The molecule has 2 fully saturated rings. The van der Waals surface area contributed by atoms with Crippen LogP contribution in [0, 0.1) is 11.8 Å². The number of hydrogen-bond donors (Lipinski definition) is 3. The Kier molecular flexibility index (Phi) is 6.47. The lowest BCUT2D eigenvalue weighted by molar-refractivity contribution is -0.139. The molecule has 3 rings (SSSR count). The van der Waals surface area contributed by atoms with Crippen molar-refractivity contribution in [3.63, 3.8) is 0 Å². The summed E-state index contributed by atoms with van der Waals surface area (Å²) in [6.45, 7) is 1.58. The van der Waals surface area contributed by atoms with Gasteiger partial charge in [-0.15, -0.1) is 0 Å². The van der Waals surface area contributed by atoms with E-state index in [0.717, 1.165) is 6.54 Å². The van der Waals surface area contributed by atoms with Crippen LogP contribution >= 0.6 is 0 Å². The van der Waals surface area contributed by atoms with Gasteiger partial charge in [0.25, 0.3) is 5.56 Å². The molecule has 1 aliphatic carbocycles. The van der Waals surface area contributed by atoms with Gasteiger partial charge in [0, 0.05) is 37.8 Å². The number of carbonyl (C=O) groups excluding carboxylic acids is 2. The van der Waals surface area contributed by atoms with Gasteiger partial charge in [-0.25, -0.2) is 4.79 Å². The van der Waals surface area contributed by atoms with Crippen LogP contribution in [0.3, 0.4) is 0 Å². The van der Waals surface area contributed by atoms with Crippen LogP contribution in [-0.4, -0.2) is 46.3 Å². The van der Waals surface area contributed by atoms with Crippen LogP contribution < -0.4 is 16.6 Å². The monoisotopic (exact) mass is 376 g/mol. The molecule has 0 spiro atoms. The van der Waals surface area contributed by atoms with Crippen molar-refractivity contribution in [3.8, 4) is 0 Å². The quantitative estimate of drug-likeness (QED) is 0.672. The van der Waals surface area contributed by atoms with Crippen molar-refractivity contribution in [2.24, 2.45) is 11.8 Å². The van der Waals surface area contributed by atoms with Crippen LogP contribution in [0.5, 0.6) is 0 Å². The van der Waals surface area contributed by atoms with Crippen molar-refractivity contribution in [2.75, 3.05) is 19.6 Å². The molecule has 0 radical (unpaired) electrons. The molecule has 2 heterocycles. The highest BCUT2D eigenvalue weighted by atomic mass is 16.2. The Morgan fingerprint density at radius 3 is 2.67 bits per heavy atom. The molecule has 8 heteroatoms. The average molecular weight is 376 g/mol. The lowest BCUT2D eigenvalue weighted by Gasteiger charge is -2.35. The van der Waals surface area contributed by atoms with Crippen molar-refractivity contribution in [2.45, 2.75) is 51.4 Å². The summed E-state index contributed by atoms with van der Waals surface area (Å²) in [6, 6.07) is 0. The number of nitrogens with one attached hydrogen (secondary N) is 3. The van der Waals surface area contributed by atoms with E-state index in [0.29, 0.717) is 43.8 Å². The maximum Gasteiger partial charge on any atom is 0.325 e. The highest BCUT2D eigenvalue weighted by Gasteiger charge is 2.31. The number of hydrogen-bond acceptors (Lipinski definition) is 4. The summed E-state index contributed by atoms with van der Waals surface area (Å²) in [6.07, 6.45) is 8.82. The second-order valence-electron chi connectivity index (χ2n) is 7.68. The largest absolute Gasteiger partial charge is 0.355 e. The second-order valence-corrected chi connectivity index (χ2v) is 7.68. The molecule has 1 aliphatic heterocycles. The van der Waals surface area contributed by atoms with E-state index in [-0.39, 0.29) is 17.7 Å². The molecule has 8 nitrogen and oxygen atoms in total. The van der Waals surface area contributed by atoms with E-state index >= 15 is 0 Å². The molecule has 148 valence electrons. The smallest absolute Gasteiger partial charge is 0.325 e. The molecule has 1 atom stereocenters. The Bertz CT molecular complexity index is 778. The van der Waals surface area contributed by atoms with Crippen LogP contribution in [0.4, 0.5) is 0 Å².